The predicted octanol–water partition coefficient (Wildman–Crippen LogP) is 2.60. The summed E-state index contributed by atoms with van der Waals surface area (Å²) in [5.41, 5.74) is 0.604. The maximum Gasteiger partial charge on any atom is 0.331 e. The molecule has 128 valence electrons. The zero-order valence-electron chi connectivity index (χ0n) is 13.4. The Morgan fingerprint density at radius 1 is 1.29 bits per heavy atom. The van der Waals surface area contributed by atoms with Crippen LogP contribution in [0.25, 0.3) is 6.08 Å². The summed E-state index contributed by atoms with van der Waals surface area (Å²) in [7, 11) is 0. The lowest BCUT2D eigenvalue weighted by Crippen LogP contribution is -2.40. The fourth-order valence-corrected chi connectivity index (χ4v) is 2.53. The van der Waals surface area contributed by atoms with Gasteiger partial charge in [-0.3, -0.25) is 14.9 Å². The lowest BCUT2D eigenvalue weighted by molar-refractivity contribution is -0.384. The molecule has 1 aromatic carbocycles. The first-order chi connectivity index (χ1) is 11.5. The summed E-state index contributed by atoms with van der Waals surface area (Å²) >= 11 is 0. The molecule has 1 atom stereocenters. The second-order valence-corrected chi connectivity index (χ2v) is 5.75. The summed E-state index contributed by atoms with van der Waals surface area (Å²) in [6.45, 7) is 1.53. The fraction of sp³-hybridized carbons (Fsp3) is 0.412. The van der Waals surface area contributed by atoms with Crippen LogP contribution in [0.3, 0.4) is 0 Å². The number of non-ortho nitro benzene ring substituents is 1. The van der Waals surface area contributed by atoms with Gasteiger partial charge in [0.15, 0.2) is 6.10 Å². The summed E-state index contributed by atoms with van der Waals surface area (Å²) in [6, 6.07) is 5.93. The topological polar surface area (TPSA) is 98.5 Å². The Balaban J connectivity index is 1.82. The van der Waals surface area contributed by atoms with Gasteiger partial charge in [0.25, 0.3) is 11.6 Å². The van der Waals surface area contributed by atoms with E-state index in [1.54, 1.807) is 0 Å². The summed E-state index contributed by atoms with van der Waals surface area (Å²) in [5.74, 6) is -0.929. The number of nitrogens with one attached hydrogen (secondary N) is 1. The molecule has 2 rings (SSSR count). The van der Waals surface area contributed by atoms with Crippen molar-refractivity contribution in [2.45, 2.75) is 44.8 Å². The van der Waals surface area contributed by atoms with Gasteiger partial charge in [0.1, 0.15) is 0 Å². The number of nitro groups is 1. The number of hydrogen-bond donors (Lipinski definition) is 1. The van der Waals surface area contributed by atoms with Gasteiger partial charge in [-0.15, -0.1) is 0 Å². The molecule has 1 aliphatic rings. The molecule has 0 aliphatic heterocycles. The van der Waals surface area contributed by atoms with E-state index in [0.29, 0.717) is 5.56 Å². The molecular weight excluding hydrogens is 312 g/mol. The highest BCUT2D eigenvalue weighted by molar-refractivity contribution is 5.90. The molecule has 1 amide bonds. The molecule has 0 unspecified atom stereocenters. The van der Waals surface area contributed by atoms with Crippen molar-refractivity contribution < 1.29 is 19.2 Å². The van der Waals surface area contributed by atoms with Crippen LogP contribution in [0, 0.1) is 10.1 Å². The molecule has 0 radical (unpaired) electrons. The molecule has 1 aliphatic carbocycles. The van der Waals surface area contributed by atoms with Crippen LogP contribution in [0.15, 0.2) is 30.3 Å². The van der Waals surface area contributed by atoms with Crippen LogP contribution >= 0.6 is 0 Å². The van der Waals surface area contributed by atoms with Crippen molar-refractivity contribution in [2.24, 2.45) is 0 Å². The van der Waals surface area contributed by atoms with Crippen molar-refractivity contribution in [2.75, 3.05) is 0 Å². The van der Waals surface area contributed by atoms with Gasteiger partial charge in [-0.1, -0.05) is 12.8 Å². The van der Waals surface area contributed by atoms with Crippen LogP contribution in [0.1, 0.15) is 38.2 Å². The molecule has 1 saturated carbocycles. The minimum atomic E-state index is -0.861. The number of nitrogens with zero attached hydrogens (tertiary/aromatic N) is 1. The summed E-state index contributed by atoms with van der Waals surface area (Å²) < 4.78 is 5.06. The molecule has 1 N–H and O–H groups in total. The molecule has 0 heterocycles. The molecule has 7 heteroatoms. The molecule has 1 fully saturated rings. The highest BCUT2D eigenvalue weighted by Gasteiger charge is 2.22. The molecule has 0 bridgehead atoms. The molecule has 0 aromatic heterocycles. The van der Waals surface area contributed by atoms with E-state index in [-0.39, 0.29) is 17.6 Å². The number of rotatable bonds is 6. The van der Waals surface area contributed by atoms with Gasteiger partial charge in [0, 0.05) is 24.3 Å². The zero-order chi connectivity index (χ0) is 17.5. The first-order valence-electron chi connectivity index (χ1n) is 7.89. The van der Waals surface area contributed by atoms with E-state index in [4.69, 9.17) is 4.74 Å². The van der Waals surface area contributed by atoms with Gasteiger partial charge in [0.2, 0.25) is 0 Å². The molecular formula is C17H20N2O5. The Hall–Kier alpha value is -2.70. The van der Waals surface area contributed by atoms with Crippen molar-refractivity contribution in [1.29, 1.82) is 0 Å². The number of carbonyl (C=O) groups excluding carboxylic acids is 2. The van der Waals surface area contributed by atoms with Gasteiger partial charge >= 0.3 is 5.97 Å². The molecule has 1 aromatic rings. The summed E-state index contributed by atoms with van der Waals surface area (Å²) in [5, 5.41) is 13.4. The number of carbonyl (C=O) groups is 2. The third-order valence-corrected chi connectivity index (χ3v) is 3.88. The van der Waals surface area contributed by atoms with Crippen molar-refractivity contribution >= 4 is 23.6 Å². The van der Waals surface area contributed by atoms with Gasteiger partial charge in [0.05, 0.1) is 4.92 Å². The van der Waals surface area contributed by atoms with E-state index in [1.807, 2.05) is 0 Å². The smallest absolute Gasteiger partial charge is 0.331 e. The minimum Gasteiger partial charge on any atom is -0.449 e. The molecule has 24 heavy (non-hydrogen) atoms. The predicted molar refractivity (Wildman–Crippen MR) is 88.1 cm³/mol. The van der Waals surface area contributed by atoms with Crippen LogP contribution in [0.2, 0.25) is 0 Å². The standard InChI is InChI=1S/C17H20N2O5/c1-12(17(21)18-14-4-2-3-5-14)24-16(20)11-8-13-6-9-15(10-7-13)19(22)23/h6-12,14H,2-5H2,1H3,(H,18,21)/b11-8+/t12-/m0/s1. The highest BCUT2D eigenvalue weighted by atomic mass is 16.6. The third-order valence-electron chi connectivity index (χ3n) is 3.88. The number of esters is 1. The maximum atomic E-state index is 11.9. The second kappa shape index (κ2) is 8.24. The van der Waals surface area contributed by atoms with Crippen LogP contribution in [-0.2, 0) is 14.3 Å². The monoisotopic (exact) mass is 332 g/mol. The number of nitro benzene ring substituents is 1. The van der Waals surface area contributed by atoms with E-state index in [2.05, 4.69) is 5.32 Å². The average Bonchev–Trinajstić information content (AvgIpc) is 3.06. The van der Waals surface area contributed by atoms with Crippen LogP contribution in [0.4, 0.5) is 5.69 Å². The number of hydrogen-bond acceptors (Lipinski definition) is 5. The number of benzene rings is 1. The first-order valence-corrected chi connectivity index (χ1v) is 7.89. The molecule has 7 nitrogen and oxygen atoms in total. The van der Waals surface area contributed by atoms with Crippen molar-refractivity contribution in [3.8, 4) is 0 Å². The van der Waals surface area contributed by atoms with E-state index in [0.717, 1.165) is 25.7 Å². The SMILES string of the molecule is C[C@H](OC(=O)/C=C/c1ccc([N+](=O)[O-])cc1)C(=O)NC1CCCC1. The Morgan fingerprint density at radius 3 is 2.50 bits per heavy atom. The Bertz CT molecular complexity index is 633. The van der Waals surface area contributed by atoms with Gasteiger partial charge < -0.3 is 10.1 Å². The maximum absolute atomic E-state index is 11.9. The van der Waals surface area contributed by atoms with E-state index in [1.165, 1.54) is 43.3 Å². The highest BCUT2D eigenvalue weighted by Crippen LogP contribution is 2.18. The fourth-order valence-electron chi connectivity index (χ4n) is 2.53. The van der Waals surface area contributed by atoms with E-state index in [9.17, 15) is 19.7 Å². The largest absolute Gasteiger partial charge is 0.449 e. The lowest BCUT2D eigenvalue weighted by Gasteiger charge is -2.16. The third kappa shape index (κ3) is 5.19. The van der Waals surface area contributed by atoms with Gasteiger partial charge in [-0.05, 0) is 43.5 Å². The van der Waals surface area contributed by atoms with E-state index < -0.39 is 17.0 Å². The normalized spacial score (nSPS) is 16.0. The van der Waals surface area contributed by atoms with Crippen molar-refractivity contribution in [3.05, 3.63) is 46.0 Å². The van der Waals surface area contributed by atoms with Gasteiger partial charge in [-0.2, -0.15) is 0 Å². The number of amides is 1. The quantitative estimate of drug-likeness (QED) is 0.374. The lowest BCUT2D eigenvalue weighted by atomic mass is 10.2. The minimum absolute atomic E-state index is 0.0214. The Morgan fingerprint density at radius 2 is 1.92 bits per heavy atom. The zero-order valence-corrected chi connectivity index (χ0v) is 13.4. The molecule has 0 spiro atoms. The van der Waals surface area contributed by atoms with Crippen LogP contribution < -0.4 is 5.32 Å². The average molecular weight is 332 g/mol. The summed E-state index contributed by atoms with van der Waals surface area (Å²) in [6.07, 6.45) is 5.96. The van der Waals surface area contributed by atoms with Crippen molar-refractivity contribution in [1.82, 2.24) is 5.32 Å². The van der Waals surface area contributed by atoms with Gasteiger partial charge in [-0.25, -0.2) is 4.79 Å². The van der Waals surface area contributed by atoms with Crippen LogP contribution in [0.5, 0.6) is 0 Å². The Kier molecular flexibility index (Phi) is 6.06. The van der Waals surface area contributed by atoms with E-state index >= 15 is 0 Å². The first kappa shape index (κ1) is 17.7. The summed E-state index contributed by atoms with van der Waals surface area (Å²) in [4.78, 5) is 33.7. The van der Waals surface area contributed by atoms with Crippen LogP contribution in [-0.4, -0.2) is 28.9 Å². The van der Waals surface area contributed by atoms with Crippen molar-refractivity contribution in [3.63, 3.8) is 0 Å². The number of ether oxygens (including phenoxy) is 1. The Labute approximate surface area is 139 Å². The molecule has 0 saturated heterocycles. The second-order valence-electron chi connectivity index (χ2n) is 5.75.